The Labute approximate surface area is 164 Å². The fourth-order valence-corrected chi connectivity index (χ4v) is 5.83. The number of carbonyl (C=O) groups is 1. The summed E-state index contributed by atoms with van der Waals surface area (Å²) in [5, 5.41) is 4.68. The van der Waals surface area contributed by atoms with Gasteiger partial charge < -0.3 is 10.1 Å². The number of sulfonamides is 1. The largest absolute Gasteiger partial charge is 0.494 e. The third-order valence-electron chi connectivity index (χ3n) is 4.52. The highest BCUT2D eigenvalue weighted by Crippen LogP contribution is 2.26. The summed E-state index contributed by atoms with van der Waals surface area (Å²) in [4.78, 5) is 12.6. The highest BCUT2D eigenvalue weighted by atomic mass is 32.2. The zero-order valence-electron chi connectivity index (χ0n) is 15.3. The first kappa shape index (κ1) is 19.9. The van der Waals surface area contributed by atoms with Gasteiger partial charge in [0.15, 0.2) is 0 Å². The molecule has 0 unspecified atom stereocenters. The molecule has 1 saturated heterocycles. The number of thiophene rings is 1. The van der Waals surface area contributed by atoms with Crippen molar-refractivity contribution in [3.05, 3.63) is 47.3 Å². The summed E-state index contributed by atoms with van der Waals surface area (Å²) >= 11 is 1.20. The Morgan fingerprint density at radius 1 is 1.33 bits per heavy atom. The van der Waals surface area contributed by atoms with Crippen LogP contribution in [0.3, 0.4) is 0 Å². The van der Waals surface area contributed by atoms with Gasteiger partial charge in [-0.05, 0) is 48.9 Å². The third kappa shape index (κ3) is 4.88. The van der Waals surface area contributed by atoms with Crippen molar-refractivity contribution in [2.24, 2.45) is 5.92 Å². The van der Waals surface area contributed by atoms with Gasteiger partial charge in [0.25, 0.3) is 10.0 Å². The maximum absolute atomic E-state index is 12.7. The Hall–Kier alpha value is -1.90. The molecule has 8 heteroatoms. The summed E-state index contributed by atoms with van der Waals surface area (Å²) in [6.45, 7) is 3.60. The van der Waals surface area contributed by atoms with E-state index in [1.54, 1.807) is 17.5 Å². The Kier molecular flexibility index (Phi) is 6.51. The molecule has 0 radical (unpaired) electrons. The summed E-state index contributed by atoms with van der Waals surface area (Å²) in [5.41, 5.74) is 0.952. The maximum atomic E-state index is 12.7. The second-order valence-electron chi connectivity index (χ2n) is 6.43. The van der Waals surface area contributed by atoms with E-state index in [4.69, 9.17) is 4.74 Å². The number of amides is 1. The number of benzene rings is 1. The van der Waals surface area contributed by atoms with Crippen molar-refractivity contribution in [2.45, 2.75) is 30.5 Å². The number of nitrogens with one attached hydrogen (secondary N) is 1. The highest BCUT2D eigenvalue weighted by Gasteiger charge is 2.33. The van der Waals surface area contributed by atoms with Gasteiger partial charge in [0.05, 0.1) is 12.5 Å². The fraction of sp³-hybridized carbons (Fsp3) is 0.421. The lowest BCUT2D eigenvalue weighted by Gasteiger charge is -2.30. The summed E-state index contributed by atoms with van der Waals surface area (Å²) in [6, 6.07) is 10.9. The Balaban J connectivity index is 1.59. The average molecular weight is 409 g/mol. The number of carbonyl (C=O) groups excluding carboxylic acids is 1. The Bertz CT molecular complexity index is 866. The first-order valence-corrected chi connectivity index (χ1v) is 11.4. The smallest absolute Gasteiger partial charge is 0.252 e. The predicted molar refractivity (Wildman–Crippen MR) is 105 cm³/mol. The molecule has 1 aliphatic rings. The van der Waals surface area contributed by atoms with Crippen LogP contribution in [0.4, 0.5) is 0 Å². The molecule has 6 nitrogen and oxygen atoms in total. The predicted octanol–water partition coefficient (Wildman–Crippen LogP) is 2.86. The molecule has 1 aliphatic heterocycles. The molecular weight excluding hydrogens is 384 g/mol. The van der Waals surface area contributed by atoms with Gasteiger partial charge in [-0.2, -0.15) is 4.31 Å². The molecule has 1 fully saturated rings. The second kappa shape index (κ2) is 8.86. The second-order valence-corrected chi connectivity index (χ2v) is 9.54. The zero-order valence-corrected chi connectivity index (χ0v) is 16.9. The van der Waals surface area contributed by atoms with E-state index in [0.717, 1.165) is 11.3 Å². The Morgan fingerprint density at radius 2 is 2.19 bits per heavy atom. The van der Waals surface area contributed by atoms with Crippen LogP contribution in [0.1, 0.15) is 25.3 Å². The van der Waals surface area contributed by atoms with E-state index in [9.17, 15) is 13.2 Å². The lowest BCUT2D eigenvalue weighted by molar-refractivity contribution is -0.126. The average Bonchev–Trinajstić information content (AvgIpc) is 3.22. The van der Waals surface area contributed by atoms with E-state index < -0.39 is 10.0 Å². The number of piperidine rings is 1. The van der Waals surface area contributed by atoms with Crippen LogP contribution < -0.4 is 10.1 Å². The van der Waals surface area contributed by atoms with Crippen LogP contribution >= 0.6 is 11.3 Å². The van der Waals surface area contributed by atoms with Gasteiger partial charge in [-0.15, -0.1) is 11.3 Å². The number of ether oxygens (including phenoxy) is 1. The number of hydrogen-bond donors (Lipinski definition) is 1. The summed E-state index contributed by atoms with van der Waals surface area (Å²) in [5.74, 6) is 0.335. The van der Waals surface area contributed by atoms with E-state index in [1.807, 2.05) is 31.2 Å². The van der Waals surface area contributed by atoms with E-state index in [-0.39, 0.29) is 18.4 Å². The summed E-state index contributed by atoms with van der Waals surface area (Å²) in [6.07, 6.45) is 1.38. The number of rotatable bonds is 7. The molecule has 27 heavy (non-hydrogen) atoms. The van der Waals surface area contributed by atoms with Crippen molar-refractivity contribution >= 4 is 27.3 Å². The van der Waals surface area contributed by atoms with Gasteiger partial charge in [-0.3, -0.25) is 4.79 Å². The van der Waals surface area contributed by atoms with Gasteiger partial charge in [0.2, 0.25) is 5.91 Å². The molecule has 0 bridgehead atoms. The van der Waals surface area contributed by atoms with E-state index in [1.165, 1.54) is 15.6 Å². The first-order valence-electron chi connectivity index (χ1n) is 9.04. The molecule has 1 atom stereocenters. The molecule has 0 saturated carbocycles. The normalized spacial score (nSPS) is 18.2. The van der Waals surface area contributed by atoms with E-state index in [0.29, 0.717) is 36.7 Å². The van der Waals surface area contributed by atoms with Crippen LogP contribution in [0.25, 0.3) is 0 Å². The van der Waals surface area contributed by atoms with Crippen LogP contribution in [0.2, 0.25) is 0 Å². The third-order valence-corrected chi connectivity index (χ3v) is 7.76. The van der Waals surface area contributed by atoms with Gasteiger partial charge in [-0.25, -0.2) is 8.42 Å². The highest BCUT2D eigenvalue weighted by molar-refractivity contribution is 7.91. The molecule has 3 rings (SSSR count). The maximum Gasteiger partial charge on any atom is 0.252 e. The van der Waals surface area contributed by atoms with E-state index in [2.05, 4.69) is 5.32 Å². The number of hydrogen-bond acceptors (Lipinski definition) is 5. The molecule has 1 aromatic heterocycles. The monoisotopic (exact) mass is 408 g/mol. The molecule has 146 valence electrons. The van der Waals surface area contributed by atoms with Gasteiger partial charge in [0, 0.05) is 19.6 Å². The molecule has 2 aromatic rings. The quantitative estimate of drug-likeness (QED) is 0.764. The minimum atomic E-state index is -3.51. The first-order chi connectivity index (χ1) is 13.0. The molecule has 1 amide bonds. The lowest BCUT2D eigenvalue weighted by Crippen LogP contribution is -2.45. The van der Waals surface area contributed by atoms with Crippen LogP contribution in [0.5, 0.6) is 5.75 Å². The molecule has 1 aromatic carbocycles. The standard InChI is InChI=1S/C19H24N2O4S2/c1-2-25-17-8-3-6-15(12-17)13-20-19(22)16-7-4-10-21(14-16)27(23,24)18-9-5-11-26-18/h3,5-6,8-9,11-12,16H,2,4,7,10,13-14H2,1H3,(H,20,22)/t16-/m0/s1. The van der Waals surface area contributed by atoms with Gasteiger partial charge >= 0.3 is 0 Å². The van der Waals surface area contributed by atoms with Crippen molar-refractivity contribution in [1.82, 2.24) is 9.62 Å². The molecule has 0 aliphatic carbocycles. The number of nitrogens with zero attached hydrogens (tertiary/aromatic N) is 1. The van der Waals surface area contributed by atoms with Crippen molar-refractivity contribution < 1.29 is 17.9 Å². The molecule has 1 N–H and O–H groups in total. The lowest BCUT2D eigenvalue weighted by atomic mass is 9.99. The van der Waals surface area contributed by atoms with Crippen LogP contribution in [0.15, 0.2) is 46.0 Å². The van der Waals surface area contributed by atoms with Gasteiger partial charge in [0.1, 0.15) is 9.96 Å². The van der Waals surface area contributed by atoms with Crippen molar-refractivity contribution in [1.29, 1.82) is 0 Å². The van der Waals surface area contributed by atoms with Crippen molar-refractivity contribution in [3.8, 4) is 5.75 Å². The summed E-state index contributed by atoms with van der Waals surface area (Å²) < 4.78 is 32.6. The SMILES string of the molecule is CCOc1cccc(CNC(=O)[C@H]2CCCN(S(=O)(=O)c3cccs3)C2)c1. The molecular formula is C19H24N2O4S2. The van der Waals surface area contributed by atoms with Crippen LogP contribution in [-0.2, 0) is 21.4 Å². The van der Waals surface area contributed by atoms with Gasteiger partial charge in [-0.1, -0.05) is 18.2 Å². The van der Waals surface area contributed by atoms with E-state index >= 15 is 0 Å². The minimum Gasteiger partial charge on any atom is -0.494 e. The van der Waals surface area contributed by atoms with Crippen molar-refractivity contribution in [3.63, 3.8) is 0 Å². The molecule has 2 heterocycles. The Morgan fingerprint density at radius 3 is 2.93 bits per heavy atom. The minimum absolute atomic E-state index is 0.108. The summed E-state index contributed by atoms with van der Waals surface area (Å²) in [7, 11) is -3.51. The van der Waals surface area contributed by atoms with Crippen molar-refractivity contribution in [2.75, 3.05) is 19.7 Å². The van der Waals surface area contributed by atoms with Crippen LogP contribution in [0, 0.1) is 5.92 Å². The topological polar surface area (TPSA) is 75.7 Å². The fourth-order valence-electron chi connectivity index (χ4n) is 3.16. The molecule has 0 spiro atoms. The van der Waals surface area contributed by atoms with Crippen LogP contribution in [-0.4, -0.2) is 38.3 Å². The zero-order chi connectivity index (χ0) is 19.3.